The number of aromatic carboxylic acids is 1. The van der Waals surface area contributed by atoms with E-state index in [1.807, 2.05) is 24.3 Å². The summed E-state index contributed by atoms with van der Waals surface area (Å²) in [6.45, 7) is 3.93. The Morgan fingerprint density at radius 1 is 0.793 bits per heavy atom. The van der Waals surface area contributed by atoms with Crippen molar-refractivity contribution in [3.63, 3.8) is 0 Å². The molecule has 0 aromatic heterocycles. The molecule has 0 aliphatic rings. The van der Waals surface area contributed by atoms with Crippen molar-refractivity contribution in [2.24, 2.45) is 0 Å². The fourth-order valence-corrected chi connectivity index (χ4v) is 4.36. The van der Waals surface area contributed by atoms with E-state index in [9.17, 15) is 14.7 Å². The summed E-state index contributed by atoms with van der Waals surface area (Å²) >= 11 is 0. The molecular formula is C25H17NO3. The summed E-state index contributed by atoms with van der Waals surface area (Å²) in [4.78, 5) is 24.8. The van der Waals surface area contributed by atoms with Crippen molar-refractivity contribution in [3.8, 4) is 0 Å². The highest BCUT2D eigenvalue weighted by Crippen LogP contribution is 2.42. The summed E-state index contributed by atoms with van der Waals surface area (Å²) in [7, 11) is 0. The zero-order valence-electron chi connectivity index (χ0n) is 15.5. The third kappa shape index (κ3) is 2.39. The van der Waals surface area contributed by atoms with Crippen molar-refractivity contribution >= 4 is 55.0 Å². The minimum atomic E-state index is -1.05. The van der Waals surface area contributed by atoms with Gasteiger partial charge in [0, 0.05) is 17.5 Å². The molecule has 29 heavy (non-hydrogen) atoms. The topological polar surface area (TPSA) is 66.4 Å². The van der Waals surface area contributed by atoms with Crippen LogP contribution in [-0.4, -0.2) is 23.5 Å². The second-order valence-electron chi connectivity index (χ2n) is 7.08. The number of carboxylic acid groups (broad SMARTS) is 1. The van der Waals surface area contributed by atoms with Crippen LogP contribution in [0.1, 0.15) is 20.7 Å². The Morgan fingerprint density at radius 2 is 1.38 bits per heavy atom. The molecule has 0 bridgehead atoms. The first kappa shape index (κ1) is 17.2. The molecule has 2 N–H and O–H groups in total. The summed E-state index contributed by atoms with van der Waals surface area (Å²) in [6, 6.07) is 19.4. The number of rotatable bonds is 4. The number of hydrogen-bond donors (Lipinski definition) is 2. The Labute approximate surface area is 166 Å². The highest BCUT2D eigenvalue weighted by Gasteiger charge is 2.21. The molecule has 0 atom stereocenters. The first-order valence-corrected chi connectivity index (χ1v) is 9.36. The van der Waals surface area contributed by atoms with E-state index in [0.29, 0.717) is 17.5 Å². The van der Waals surface area contributed by atoms with Crippen molar-refractivity contribution < 1.29 is 14.7 Å². The molecule has 0 heterocycles. The minimum absolute atomic E-state index is 0.126. The van der Waals surface area contributed by atoms with Crippen molar-refractivity contribution in [2.75, 3.05) is 6.54 Å². The van der Waals surface area contributed by atoms with Gasteiger partial charge in [-0.15, -0.1) is 6.58 Å². The maximum absolute atomic E-state index is 12.8. The highest BCUT2D eigenvalue weighted by molar-refractivity contribution is 6.36. The number of carbonyl (C=O) groups excluding carboxylic acids is 1. The summed E-state index contributed by atoms with van der Waals surface area (Å²) < 4.78 is 0. The molecule has 0 aliphatic heterocycles. The Balaban J connectivity index is 2.03. The largest absolute Gasteiger partial charge is 0.478 e. The van der Waals surface area contributed by atoms with E-state index < -0.39 is 5.97 Å². The van der Waals surface area contributed by atoms with Crippen molar-refractivity contribution in [3.05, 3.63) is 84.4 Å². The maximum atomic E-state index is 12.8. The second-order valence-corrected chi connectivity index (χ2v) is 7.08. The van der Waals surface area contributed by atoms with E-state index in [1.54, 1.807) is 18.2 Å². The molecule has 0 radical (unpaired) electrons. The van der Waals surface area contributed by atoms with Gasteiger partial charge in [-0.2, -0.15) is 0 Å². The van der Waals surface area contributed by atoms with Gasteiger partial charge in [-0.05, 0) is 49.8 Å². The van der Waals surface area contributed by atoms with Gasteiger partial charge in [-0.25, -0.2) is 4.79 Å². The molecule has 140 valence electrons. The number of nitrogens with one attached hydrogen (secondary N) is 1. The summed E-state index contributed by atoms with van der Waals surface area (Å²) in [5, 5.41) is 20.2. The number of amides is 1. The second kappa shape index (κ2) is 6.31. The van der Waals surface area contributed by atoms with Gasteiger partial charge in [-0.1, -0.05) is 54.6 Å². The molecule has 4 heteroatoms. The van der Waals surface area contributed by atoms with Gasteiger partial charge >= 0.3 is 5.97 Å². The molecule has 1 amide bonds. The van der Waals surface area contributed by atoms with Crippen LogP contribution in [0.2, 0.25) is 0 Å². The van der Waals surface area contributed by atoms with Gasteiger partial charge in [0.15, 0.2) is 0 Å². The van der Waals surface area contributed by atoms with Gasteiger partial charge < -0.3 is 10.4 Å². The first-order chi connectivity index (χ1) is 14.1. The Bertz CT molecular complexity index is 1420. The van der Waals surface area contributed by atoms with Crippen LogP contribution in [0.4, 0.5) is 0 Å². The lowest BCUT2D eigenvalue weighted by atomic mass is 9.86. The van der Waals surface area contributed by atoms with Gasteiger partial charge in [0.25, 0.3) is 5.91 Å². The smallest absolute Gasteiger partial charge is 0.336 e. The zero-order chi connectivity index (χ0) is 20.1. The van der Waals surface area contributed by atoms with Crippen molar-refractivity contribution in [1.29, 1.82) is 0 Å². The fraction of sp³-hybridized carbons (Fsp3) is 0.0400. The first-order valence-electron chi connectivity index (χ1n) is 9.36. The molecule has 0 saturated carbocycles. The minimum Gasteiger partial charge on any atom is -0.478 e. The van der Waals surface area contributed by atoms with Crippen LogP contribution in [0.3, 0.4) is 0 Å². The fourth-order valence-electron chi connectivity index (χ4n) is 4.36. The van der Waals surface area contributed by atoms with Gasteiger partial charge in [0.2, 0.25) is 0 Å². The Hall–Kier alpha value is -3.92. The average Bonchev–Trinajstić information content (AvgIpc) is 2.74. The molecule has 4 nitrogen and oxygen atoms in total. The molecular weight excluding hydrogens is 362 g/mol. The van der Waals surface area contributed by atoms with Gasteiger partial charge in [0.05, 0.1) is 5.56 Å². The van der Waals surface area contributed by atoms with Gasteiger partial charge in [0.1, 0.15) is 0 Å². The van der Waals surface area contributed by atoms with Crippen LogP contribution in [-0.2, 0) is 0 Å². The monoisotopic (exact) mass is 379 g/mol. The van der Waals surface area contributed by atoms with Crippen LogP contribution in [0.15, 0.2) is 73.3 Å². The molecule has 0 spiro atoms. The van der Waals surface area contributed by atoms with E-state index in [0.717, 1.165) is 37.7 Å². The third-order valence-electron chi connectivity index (χ3n) is 5.53. The molecule has 0 fully saturated rings. The van der Waals surface area contributed by atoms with E-state index in [4.69, 9.17) is 0 Å². The van der Waals surface area contributed by atoms with Crippen LogP contribution in [0.25, 0.3) is 43.1 Å². The Morgan fingerprint density at radius 3 is 1.97 bits per heavy atom. The van der Waals surface area contributed by atoms with E-state index in [-0.39, 0.29) is 11.5 Å². The quantitative estimate of drug-likeness (QED) is 0.251. The molecule has 0 unspecified atom stereocenters. The van der Waals surface area contributed by atoms with E-state index in [2.05, 4.69) is 36.2 Å². The zero-order valence-corrected chi connectivity index (χ0v) is 15.5. The lowest BCUT2D eigenvalue weighted by molar-refractivity contribution is 0.0699. The van der Waals surface area contributed by atoms with Crippen LogP contribution in [0.5, 0.6) is 0 Å². The van der Waals surface area contributed by atoms with Crippen LogP contribution >= 0.6 is 0 Å². The SMILES string of the molecule is C=CCNC(=O)c1ccc2c3cccc4cccc(c5ccc(C(=O)O)c1c52)c43. The van der Waals surface area contributed by atoms with E-state index >= 15 is 0 Å². The van der Waals surface area contributed by atoms with Crippen LogP contribution in [0, 0.1) is 0 Å². The molecule has 5 aromatic carbocycles. The normalized spacial score (nSPS) is 11.4. The predicted octanol–water partition coefficient (Wildman–Crippen LogP) is 5.35. The van der Waals surface area contributed by atoms with Crippen molar-refractivity contribution in [2.45, 2.75) is 0 Å². The summed E-state index contributed by atoms with van der Waals surface area (Å²) in [5.74, 6) is -1.36. The lowest BCUT2D eigenvalue weighted by Gasteiger charge is -2.17. The lowest BCUT2D eigenvalue weighted by Crippen LogP contribution is -2.23. The standard InChI is InChI=1S/C25H17NO3/c1-2-13-26-24(27)19-11-9-17-15-7-3-5-14-6-4-8-16(21(14)15)18-10-12-20(25(28)29)23(19)22(17)18/h2-12H,1,13H2,(H,26,27)(H,28,29). The average molecular weight is 379 g/mol. The van der Waals surface area contributed by atoms with Crippen molar-refractivity contribution in [1.82, 2.24) is 5.32 Å². The summed E-state index contributed by atoms with van der Waals surface area (Å²) in [6.07, 6.45) is 1.60. The molecule has 0 saturated heterocycles. The highest BCUT2D eigenvalue weighted by atomic mass is 16.4. The maximum Gasteiger partial charge on any atom is 0.336 e. The van der Waals surface area contributed by atoms with E-state index in [1.165, 1.54) is 0 Å². The molecule has 0 aliphatic carbocycles. The number of benzene rings is 5. The van der Waals surface area contributed by atoms with Crippen LogP contribution < -0.4 is 5.32 Å². The Kier molecular flexibility index (Phi) is 3.74. The molecule has 5 aromatic rings. The predicted molar refractivity (Wildman–Crippen MR) is 117 cm³/mol. The number of hydrogen-bond acceptors (Lipinski definition) is 2. The number of carbonyl (C=O) groups is 2. The van der Waals surface area contributed by atoms with Gasteiger partial charge in [-0.3, -0.25) is 4.79 Å². The summed E-state index contributed by atoms with van der Waals surface area (Å²) in [5.41, 5.74) is 0.484. The molecule has 5 rings (SSSR count). The number of fused-ring (bicyclic) bond motifs is 2. The third-order valence-corrected chi connectivity index (χ3v) is 5.53. The number of carboxylic acids is 1.